The van der Waals surface area contributed by atoms with E-state index in [1.807, 2.05) is 14.1 Å². The standard InChI is InChI=1S/C17H32N4O2/c1-20(2)16(22)15-10-6-12-21(15)13-7-11-18-17(23)19-14-8-4-3-5-9-14/h14-15H,3-13H2,1-2H3,(H2,18,19,23)/t15-/m1/s1. The molecule has 0 aromatic rings. The molecule has 6 heteroatoms. The number of likely N-dealkylation sites (N-methyl/N-ethyl adjacent to an activating group) is 1. The fourth-order valence-electron chi connectivity index (χ4n) is 3.64. The van der Waals surface area contributed by atoms with Gasteiger partial charge in [-0.15, -0.1) is 0 Å². The van der Waals surface area contributed by atoms with Crippen LogP contribution in [0.15, 0.2) is 0 Å². The summed E-state index contributed by atoms with van der Waals surface area (Å²) in [6.45, 7) is 2.52. The van der Waals surface area contributed by atoms with Crippen LogP contribution in [0, 0.1) is 0 Å². The quantitative estimate of drug-likeness (QED) is 0.729. The van der Waals surface area contributed by atoms with Gasteiger partial charge in [0, 0.05) is 33.2 Å². The predicted octanol–water partition coefficient (Wildman–Crippen LogP) is 1.56. The van der Waals surface area contributed by atoms with E-state index >= 15 is 0 Å². The molecule has 2 aliphatic rings. The van der Waals surface area contributed by atoms with Crippen LogP contribution in [-0.2, 0) is 4.79 Å². The van der Waals surface area contributed by atoms with Gasteiger partial charge in [-0.05, 0) is 38.6 Å². The van der Waals surface area contributed by atoms with E-state index in [0.717, 1.165) is 45.2 Å². The Morgan fingerprint density at radius 1 is 1.09 bits per heavy atom. The molecule has 0 bridgehead atoms. The van der Waals surface area contributed by atoms with Gasteiger partial charge in [-0.2, -0.15) is 0 Å². The molecule has 0 aromatic carbocycles. The molecule has 132 valence electrons. The summed E-state index contributed by atoms with van der Waals surface area (Å²) in [4.78, 5) is 27.9. The number of hydrogen-bond acceptors (Lipinski definition) is 3. The van der Waals surface area contributed by atoms with Crippen molar-refractivity contribution in [1.82, 2.24) is 20.4 Å². The fourth-order valence-corrected chi connectivity index (χ4v) is 3.64. The largest absolute Gasteiger partial charge is 0.347 e. The summed E-state index contributed by atoms with van der Waals surface area (Å²) in [6.07, 6.45) is 8.87. The first-order valence-corrected chi connectivity index (χ1v) is 9.07. The zero-order valence-corrected chi connectivity index (χ0v) is 14.6. The maximum atomic E-state index is 12.1. The average molecular weight is 324 g/mol. The van der Waals surface area contributed by atoms with Crippen LogP contribution < -0.4 is 10.6 Å². The Morgan fingerprint density at radius 2 is 1.83 bits per heavy atom. The molecule has 1 atom stereocenters. The van der Waals surface area contributed by atoms with Gasteiger partial charge in [-0.1, -0.05) is 19.3 Å². The number of likely N-dealkylation sites (tertiary alicyclic amines) is 1. The summed E-state index contributed by atoms with van der Waals surface area (Å²) in [7, 11) is 3.63. The van der Waals surface area contributed by atoms with Gasteiger partial charge in [0.2, 0.25) is 5.91 Å². The number of hydrogen-bond donors (Lipinski definition) is 2. The van der Waals surface area contributed by atoms with Gasteiger partial charge < -0.3 is 15.5 Å². The van der Waals surface area contributed by atoms with E-state index in [2.05, 4.69) is 15.5 Å². The number of carbonyl (C=O) groups excluding carboxylic acids is 2. The Morgan fingerprint density at radius 3 is 2.52 bits per heavy atom. The van der Waals surface area contributed by atoms with Gasteiger partial charge in [0.1, 0.15) is 0 Å². The second kappa shape index (κ2) is 9.11. The zero-order valence-electron chi connectivity index (χ0n) is 14.6. The lowest BCUT2D eigenvalue weighted by atomic mass is 9.96. The highest BCUT2D eigenvalue weighted by molar-refractivity contribution is 5.81. The van der Waals surface area contributed by atoms with Crippen molar-refractivity contribution in [2.45, 2.75) is 63.5 Å². The molecular weight excluding hydrogens is 292 g/mol. The van der Waals surface area contributed by atoms with Crippen LogP contribution in [-0.4, -0.2) is 67.6 Å². The van der Waals surface area contributed by atoms with Crippen LogP contribution in [0.4, 0.5) is 4.79 Å². The van der Waals surface area contributed by atoms with Crippen molar-refractivity contribution in [2.75, 3.05) is 33.7 Å². The Labute approximate surface area is 140 Å². The van der Waals surface area contributed by atoms with Crippen LogP contribution in [0.25, 0.3) is 0 Å². The summed E-state index contributed by atoms with van der Waals surface area (Å²) in [5.41, 5.74) is 0. The number of nitrogens with one attached hydrogen (secondary N) is 2. The normalized spacial score (nSPS) is 22.8. The third kappa shape index (κ3) is 5.68. The molecule has 1 saturated heterocycles. The lowest BCUT2D eigenvalue weighted by molar-refractivity contribution is -0.133. The third-order valence-corrected chi connectivity index (χ3v) is 4.94. The Hall–Kier alpha value is -1.30. The predicted molar refractivity (Wildman–Crippen MR) is 91.3 cm³/mol. The van der Waals surface area contributed by atoms with Gasteiger partial charge in [0.05, 0.1) is 6.04 Å². The summed E-state index contributed by atoms with van der Waals surface area (Å²) in [5, 5.41) is 6.01. The monoisotopic (exact) mass is 324 g/mol. The number of amides is 3. The molecule has 3 amide bonds. The van der Waals surface area contributed by atoms with Crippen LogP contribution in [0.5, 0.6) is 0 Å². The van der Waals surface area contributed by atoms with E-state index in [0.29, 0.717) is 12.6 Å². The lowest BCUT2D eigenvalue weighted by Crippen LogP contribution is -2.45. The first-order chi connectivity index (χ1) is 11.1. The molecule has 0 unspecified atom stereocenters. The van der Waals surface area contributed by atoms with Crippen molar-refractivity contribution in [2.24, 2.45) is 0 Å². The first-order valence-electron chi connectivity index (χ1n) is 9.07. The van der Waals surface area contributed by atoms with Gasteiger partial charge in [-0.3, -0.25) is 9.69 Å². The molecule has 1 heterocycles. The third-order valence-electron chi connectivity index (χ3n) is 4.94. The van der Waals surface area contributed by atoms with Crippen molar-refractivity contribution in [3.05, 3.63) is 0 Å². The number of carbonyl (C=O) groups is 2. The van der Waals surface area contributed by atoms with E-state index in [4.69, 9.17) is 0 Å². The SMILES string of the molecule is CN(C)C(=O)[C@H]1CCCN1CCCNC(=O)NC1CCCCC1. The van der Waals surface area contributed by atoms with Crippen molar-refractivity contribution >= 4 is 11.9 Å². The van der Waals surface area contributed by atoms with E-state index < -0.39 is 0 Å². The second-order valence-corrected chi connectivity index (χ2v) is 7.02. The molecule has 0 radical (unpaired) electrons. The minimum Gasteiger partial charge on any atom is -0.347 e. The Balaban J connectivity index is 1.60. The number of rotatable bonds is 6. The summed E-state index contributed by atoms with van der Waals surface area (Å²) in [6, 6.07) is 0.338. The maximum Gasteiger partial charge on any atom is 0.315 e. The molecule has 1 aliphatic carbocycles. The van der Waals surface area contributed by atoms with Gasteiger partial charge in [0.15, 0.2) is 0 Å². The van der Waals surface area contributed by atoms with Gasteiger partial charge in [0.25, 0.3) is 0 Å². The van der Waals surface area contributed by atoms with Gasteiger partial charge in [-0.25, -0.2) is 4.79 Å². The fraction of sp³-hybridized carbons (Fsp3) is 0.882. The van der Waals surface area contributed by atoms with Crippen LogP contribution in [0.3, 0.4) is 0 Å². The number of nitrogens with zero attached hydrogens (tertiary/aromatic N) is 2. The molecule has 2 N–H and O–H groups in total. The van der Waals surface area contributed by atoms with Crippen molar-refractivity contribution in [3.63, 3.8) is 0 Å². The van der Waals surface area contributed by atoms with Crippen LogP contribution >= 0.6 is 0 Å². The maximum absolute atomic E-state index is 12.1. The number of urea groups is 1. The molecule has 2 fully saturated rings. The second-order valence-electron chi connectivity index (χ2n) is 7.02. The lowest BCUT2D eigenvalue weighted by Gasteiger charge is -2.26. The van der Waals surface area contributed by atoms with E-state index in [9.17, 15) is 9.59 Å². The van der Waals surface area contributed by atoms with Crippen LogP contribution in [0.2, 0.25) is 0 Å². The zero-order chi connectivity index (χ0) is 16.7. The molecule has 0 aromatic heterocycles. The minimum absolute atomic E-state index is 0.0288. The van der Waals surface area contributed by atoms with Crippen molar-refractivity contribution in [1.29, 1.82) is 0 Å². The summed E-state index contributed by atoms with van der Waals surface area (Å²) >= 11 is 0. The van der Waals surface area contributed by atoms with Crippen LogP contribution in [0.1, 0.15) is 51.4 Å². The highest BCUT2D eigenvalue weighted by atomic mass is 16.2. The molecule has 1 aliphatic heterocycles. The molecule has 1 saturated carbocycles. The highest BCUT2D eigenvalue weighted by Crippen LogP contribution is 2.19. The van der Waals surface area contributed by atoms with E-state index in [1.165, 1.54) is 19.3 Å². The average Bonchev–Trinajstić information content (AvgIpc) is 3.00. The van der Waals surface area contributed by atoms with E-state index in [1.54, 1.807) is 4.90 Å². The highest BCUT2D eigenvalue weighted by Gasteiger charge is 2.31. The molecule has 6 nitrogen and oxygen atoms in total. The smallest absolute Gasteiger partial charge is 0.315 e. The minimum atomic E-state index is -0.0424. The summed E-state index contributed by atoms with van der Waals surface area (Å²) in [5.74, 6) is 0.200. The Bertz CT molecular complexity index is 394. The Kier molecular flexibility index (Phi) is 7.15. The molecule has 0 spiro atoms. The summed E-state index contributed by atoms with van der Waals surface area (Å²) < 4.78 is 0. The molecule has 2 rings (SSSR count). The molecular formula is C17H32N4O2. The topological polar surface area (TPSA) is 64.7 Å². The molecule has 23 heavy (non-hydrogen) atoms. The van der Waals surface area contributed by atoms with E-state index in [-0.39, 0.29) is 18.0 Å². The van der Waals surface area contributed by atoms with Gasteiger partial charge >= 0.3 is 6.03 Å². The first kappa shape index (κ1) is 18.0. The van der Waals surface area contributed by atoms with Crippen molar-refractivity contribution in [3.8, 4) is 0 Å². The van der Waals surface area contributed by atoms with Crippen molar-refractivity contribution < 1.29 is 9.59 Å².